The highest BCUT2D eigenvalue weighted by atomic mass is 35.5. The third-order valence-electron chi connectivity index (χ3n) is 4.47. The van der Waals surface area contributed by atoms with Gasteiger partial charge >= 0.3 is 5.97 Å². The van der Waals surface area contributed by atoms with Gasteiger partial charge in [0.15, 0.2) is 6.10 Å². The van der Waals surface area contributed by atoms with Crippen LogP contribution < -0.4 is 4.90 Å². The number of ether oxygens (including phenoxy) is 1. The van der Waals surface area contributed by atoms with Gasteiger partial charge in [-0.3, -0.25) is 4.79 Å². The second-order valence-electron chi connectivity index (χ2n) is 6.28. The van der Waals surface area contributed by atoms with Crippen molar-refractivity contribution in [2.24, 2.45) is 0 Å². The molecule has 6 heteroatoms. The average Bonchev–Trinajstić information content (AvgIpc) is 2.97. The van der Waals surface area contributed by atoms with Gasteiger partial charge in [-0.2, -0.15) is 0 Å². The summed E-state index contributed by atoms with van der Waals surface area (Å²) in [7, 11) is 0. The Balaban J connectivity index is 1.77. The number of halogens is 1. The van der Waals surface area contributed by atoms with Crippen LogP contribution in [0, 0.1) is 0 Å². The lowest BCUT2D eigenvalue weighted by molar-refractivity contribution is -0.126. The Kier molecular flexibility index (Phi) is 5.58. The highest BCUT2D eigenvalue weighted by Crippen LogP contribution is 2.32. The zero-order chi connectivity index (χ0) is 18.8. The number of anilines is 1. The van der Waals surface area contributed by atoms with Gasteiger partial charge in [-0.05, 0) is 56.4 Å². The predicted molar refractivity (Wildman–Crippen MR) is 105 cm³/mol. The van der Waals surface area contributed by atoms with Crippen molar-refractivity contribution in [1.82, 2.24) is 0 Å². The monoisotopic (exact) mass is 389 g/mol. The van der Waals surface area contributed by atoms with E-state index in [9.17, 15) is 9.59 Å². The maximum Gasteiger partial charge on any atom is 0.340 e. The fourth-order valence-corrected chi connectivity index (χ4v) is 3.79. The SMILES string of the molecule is CSc1ccc(Cl)c(C(=O)O[C@H](C)C(=O)N2c3ccccc3C[C@@H]2C)c1. The van der Waals surface area contributed by atoms with Gasteiger partial charge in [-0.15, -0.1) is 11.8 Å². The number of thioether (sulfide) groups is 1. The molecule has 0 saturated carbocycles. The summed E-state index contributed by atoms with van der Waals surface area (Å²) in [4.78, 5) is 28.0. The summed E-state index contributed by atoms with van der Waals surface area (Å²) < 4.78 is 5.43. The molecular formula is C20H20ClNO3S. The lowest BCUT2D eigenvalue weighted by atomic mass is 10.1. The third kappa shape index (κ3) is 3.60. The maximum absolute atomic E-state index is 12.9. The molecule has 0 aliphatic carbocycles. The van der Waals surface area contributed by atoms with Gasteiger partial charge in [0, 0.05) is 16.6 Å². The first-order chi connectivity index (χ1) is 12.4. The average molecular weight is 390 g/mol. The summed E-state index contributed by atoms with van der Waals surface area (Å²) in [5.74, 6) is -0.820. The molecule has 0 radical (unpaired) electrons. The first-order valence-corrected chi connectivity index (χ1v) is 9.98. The molecule has 0 saturated heterocycles. The van der Waals surface area contributed by atoms with E-state index in [2.05, 4.69) is 0 Å². The van der Waals surface area contributed by atoms with Crippen LogP contribution in [-0.2, 0) is 16.0 Å². The molecule has 1 aliphatic heterocycles. The fraction of sp³-hybridized carbons (Fsp3) is 0.300. The van der Waals surface area contributed by atoms with Crippen molar-refractivity contribution in [2.45, 2.75) is 37.3 Å². The second kappa shape index (κ2) is 7.72. The minimum absolute atomic E-state index is 0.0319. The van der Waals surface area contributed by atoms with E-state index < -0.39 is 12.1 Å². The summed E-state index contributed by atoms with van der Waals surface area (Å²) in [5, 5.41) is 0.312. The molecule has 2 aromatic carbocycles. The molecule has 0 aromatic heterocycles. The van der Waals surface area contributed by atoms with Gasteiger partial charge < -0.3 is 9.64 Å². The van der Waals surface area contributed by atoms with Crippen LogP contribution in [0.15, 0.2) is 47.4 Å². The fourth-order valence-electron chi connectivity index (χ4n) is 3.16. The second-order valence-corrected chi connectivity index (χ2v) is 7.57. The Labute approximate surface area is 162 Å². The molecule has 26 heavy (non-hydrogen) atoms. The molecule has 1 amide bonds. The van der Waals surface area contributed by atoms with Crippen LogP contribution in [-0.4, -0.2) is 30.3 Å². The zero-order valence-electron chi connectivity index (χ0n) is 14.9. The molecule has 0 N–H and O–H groups in total. The van der Waals surface area contributed by atoms with Crippen molar-refractivity contribution in [2.75, 3.05) is 11.2 Å². The van der Waals surface area contributed by atoms with Gasteiger partial charge in [-0.1, -0.05) is 29.8 Å². The molecule has 0 bridgehead atoms. The van der Waals surface area contributed by atoms with E-state index in [-0.39, 0.29) is 17.5 Å². The summed E-state index contributed by atoms with van der Waals surface area (Å²) in [6, 6.07) is 13.0. The quantitative estimate of drug-likeness (QED) is 0.567. The number of fused-ring (bicyclic) bond motifs is 1. The number of esters is 1. The summed E-state index contributed by atoms with van der Waals surface area (Å²) in [5.41, 5.74) is 2.28. The number of rotatable bonds is 4. The minimum atomic E-state index is -0.898. The Hall–Kier alpha value is -1.98. The van der Waals surface area contributed by atoms with Crippen molar-refractivity contribution in [1.29, 1.82) is 0 Å². The van der Waals surface area contributed by atoms with Crippen molar-refractivity contribution in [3.8, 4) is 0 Å². The van der Waals surface area contributed by atoms with Crippen LogP contribution in [0.3, 0.4) is 0 Å². The van der Waals surface area contributed by atoms with E-state index in [1.54, 1.807) is 24.0 Å². The molecule has 4 nitrogen and oxygen atoms in total. The van der Waals surface area contributed by atoms with E-state index in [4.69, 9.17) is 16.3 Å². The lowest BCUT2D eigenvalue weighted by Gasteiger charge is -2.26. The standard InChI is InChI=1S/C20H20ClNO3S/c1-12-10-14-6-4-5-7-18(14)22(12)19(23)13(2)25-20(24)16-11-15(26-3)8-9-17(16)21/h4-9,11-13H,10H2,1-3H3/t12-,13+/m0/s1. The van der Waals surface area contributed by atoms with E-state index >= 15 is 0 Å². The first-order valence-electron chi connectivity index (χ1n) is 8.38. The summed E-state index contributed by atoms with van der Waals surface area (Å²) in [6.45, 7) is 3.59. The smallest absolute Gasteiger partial charge is 0.340 e. The molecular weight excluding hydrogens is 370 g/mol. The number of nitrogens with zero attached hydrogens (tertiary/aromatic N) is 1. The Morgan fingerprint density at radius 3 is 2.73 bits per heavy atom. The number of carbonyl (C=O) groups is 2. The zero-order valence-corrected chi connectivity index (χ0v) is 16.4. The third-order valence-corrected chi connectivity index (χ3v) is 5.52. The maximum atomic E-state index is 12.9. The highest BCUT2D eigenvalue weighted by Gasteiger charge is 2.34. The molecule has 1 aliphatic rings. The van der Waals surface area contributed by atoms with Crippen LogP contribution in [0.4, 0.5) is 5.69 Å². The Morgan fingerprint density at radius 1 is 1.27 bits per heavy atom. The number of carbonyl (C=O) groups excluding carboxylic acids is 2. The minimum Gasteiger partial charge on any atom is -0.449 e. The lowest BCUT2D eigenvalue weighted by Crippen LogP contribution is -2.43. The highest BCUT2D eigenvalue weighted by molar-refractivity contribution is 7.98. The van der Waals surface area contributed by atoms with Crippen molar-refractivity contribution < 1.29 is 14.3 Å². The van der Waals surface area contributed by atoms with Gasteiger partial charge in [0.1, 0.15) is 0 Å². The molecule has 0 spiro atoms. The van der Waals surface area contributed by atoms with Crippen LogP contribution in [0.25, 0.3) is 0 Å². The van der Waals surface area contributed by atoms with Gasteiger partial charge in [0.05, 0.1) is 10.6 Å². The van der Waals surface area contributed by atoms with E-state index in [1.165, 1.54) is 11.8 Å². The molecule has 1 heterocycles. The van der Waals surface area contributed by atoms with Crippen LogP contribution >= 0.6 is 23.4 Å². The molecule has 2 atom stereocenters. The number of benzene rings is 2. The molecule has 2 aromatic rings. The van der Waals surface area contributed by atoms with E-state index in [0.29, 0.717) is 5.02 Å². The van der Waals surface area contributed by atoms with Crippen molar-refractivity contribution in [3.05, 3.63) is 58.6 Å². The first kappa shape index (κ1) is 18.8. The topological polar surface area (TPSA) is 46.6 Å². The predicted octanol–water partition coefficient (Wildman–Crippen LogP) is 4.59. The van der Waals surface area contributed by atoms with Gasteiger partial charge in [0.25, 0.3) is 5.91 Å². The van der Waals surface area contributed by atoms with Gasteiger partial charge in [-0.25, -0.2) is 4.79 Å². The largest absolute Gasteiger partial charge is 0.449 e. The summed E-state index contributed by atoms with van der Waals surface area (Å²) >= 11 is 7.63. The number of amides is 1. The normalized spacial score (nSPS) is 16.9. The van der Waals surface area contributed by atoms with E-state index in [1.807, 2.05) is 43.5 Å². The van der Waals surface area contributed by atoms with E-state index in [0.717, 1.165) is 22.6 Å². The van der Waals surface area contributed by atoms with Crippen molar-refractivity contribution >= 4 is 40.9 Å². The number of hydrogen-bond donors (Lipinski definition) is 0. The number of hydrogen-bond acceptors (Lipinski definition) is 4. The number of para-hydroxylation sites is 1. The molecule has 0 unspecified atom stereocenters. The van der Waals surface area contributed by atoms with Crippen LogP contribution in [0.2, 0.25) is 5.02 Å². The Morgan fingerprint density at radius 2 is 2.00 bits per heavy atom. The molecule has 136 valence electrons. The molecule has 3 rings (SSSR count). The van der Waals surface area contributed by atoms with Crippen LogP contribution in [0.1, 0.15) is 29.8 Å². The molecule has 0 fully saturated rings. The van der Waals surface area contributed by atoms with Crippen molar-refractivity contribution in [3.63, 3.8) is 0 Å². The van der Waals surface area contributed by atoms with Gasteiger partial charge in [0.2, 0.25) is 0 Å². The van der Waals surface area contributed by atoms with Crippen LogP contribution in [0.5, 0.6) is 0 Å². The summed E-state index contributed by atoms with van der Waals surface area (Å²) in [6.07, 6.45) is 1.81. The Bertz CT molecular complexity index is 855.